The lowest BCUT2D eigenvalue weighted by molar-refractivity contribution is -0.146. The van der Waals surface area contributed by atoms with Crippen molar-refractivity contribution in [2.75, 3.05) is 20.3 Å². The Bertz CT molecular complexity index is 788. The van der Waals surface area contributed by atoms with Gasteiger partial charge in [-0.15, -0.1) is 0 Å². The summed E-state index contributed by atoms with van der Waals surface area (Å²) in [5.74, 6) is -0.173. The first kappa shape index (κ1) is 21.2. The normalized spacial score (nSPS) is 11.8. The van der Waals surface area contributed by atoms with Crippen LogP contribution in [0, 0.1) is 5.92 Å². The van der Waals surface area contributed by atoms with Crippen molar-refractivity contribution in [1.82, 2.24) is 9.88 Å². The second-order valence-corrected chi connectivity index (χ2v) is 6.34. The molecule has 2 rings (SSSR count). The number of carbonyl (C=O) groups is 2. The van der Waals surface area contributed by atoms with Gasteiger partial charge in [-0.1, -0.05) is 25.1 Å². The van der Waals surface area contributed by atoms with Crippen LogP contribution in [0.1, 0.15) is 25.0 Å². The van der Waals surface area contributed by atoms with Gasteiger partial charge in [0.15, 0.2) is 0 Å². The molecule has 0 aliphatic carbocycles. The van der Waals surface area contributed by atoms with E-state index < -0.39 is 5.92 Å². The minimum atomic E-state index is -0.426. The fourth-order valence-electron chi connectivity index (χ4n) is 2.67. The van der Waals surface area contributed by atoms with Crippen LogP contribution in [0.15, 0.2) is 54.9 Å². The summed E-state index contributed by atoms with van der Waals surface area (Å²) >= 11 is 0. The van der Waals surface area contributed by atoms with E-state index in [0.29, 0.717) is 13.2 Å². The molecule has 1 aromatic carbocycles. The molecule has 1 amide bonds. The van der Waals surface area contributed by atoms with Gasteiger partial charge in [-0.2, -0.15) is 0 Å². The number of carbonyl (C=O) groups excluding carboxylic acids is 2. The number of aromatic nitrogens is 1. The third-order valence-corrected chi connectivity index (χ3v) is 4.12. The molecule has 28 heavy (non-hydrogen) atoms. The van der Waals surface area contributed by atoms with E-state index in [2.05, 4.69) is 4.98 Å². The average molecular weight is 382 g/mol. The first-order valence-electron chi connectivity index (χ1n) is 9.20. The van der Waals surface area contributed by atoms with Crippen molar-refractivity contribution in [2.45, 2.75) is 20.4 Å². The predicted octanol–water partition coefficient (Wildman–Crippen LogP) is 3.33. The maximum absolute atomic E-state index is 12.8. The van der Waals surface area contributed by atoms with Crippen LogP contribution in [0.3, 0.4) is 0 Å². The Hall–Kier alpha value is -3.15. The second-order valence-electron chi connectivity index (χ2n) is 6.34. The molecule has 6 heteroatoms. The van der Waals surface area contributed by atoms with Crippen LogP contribution >= 0.6 is 0 Å². The first-order chi connectivity index (χ1) is 13.5. The molecule has 0 aliphatic heterocycles. The van der Waals surface area contributed by atoms with Gasteiger partial charge in [-0.3, -0.25) is 14.6 Å². The molecule has 0 aliphatic rings. The van der Waals surface area contributed by atoms with Gasteiger partial charge in [0.2, 0.25) is 5.91 Å². The Labute approximate surface area is 165 Å². The van der Waals surface area contributed by atoms with E-state index in [0.717, 1.165) is 16.9 Å². The number of amides is 1. The van der Waals surface area contributed by atoms with Crippen LogP contribution in [0.4, 0.5) is 0 Å². The standard InChI is InChI=1S/C22H26N2O4/c1-4-28-20-10-7-18(8-11-20)9-12-21(25)24(15-17(2)22(26)27-3)16-19-6-5-13-23-14-19/h5-14,17H,4,15-16H2,1-3H3/b12-9+. The smallest absolute Gasteiger partial charge is 0.310 e. The number of methoxy groups -OCH3 is 1. The zero-order valence-electron chi connectivity index (χ0n) is 16.5. The molecule has 0 saturated heterocycles. The summed E-state index contributed by atoms with van der Waals surface area (Å²) in [4.78, 5) is 30.3. The highest BCUT2D eigenvalue weighted by Crippen LogP contribution is 2.14. The van der Waals surface area contributed by atoms with E-state index in [1.54, 1.807) is 30.3 Å². The average Bonchev–Trinajstić information content (AvgIpc) is 2.72. The summed E-state index contributed by atoms with van der Waals surface area (Å²) in [6.07, 6.45) is 6.64. The first-order valence-corrected chi connectivity index (χ1v) is 9.20. The topological polar surface area (TPSA) is 68.7 Å². The summed E-state index contributed by atoms with van der Waals surface area (Å²) in [6, 6.07) is 11.2. The lowest BCUT2D eigenvalue weighted by Gasteiger charge is -2.24. The van der Waals surface area contributed by atoms with E-state index in [4.69, 9.17) is 9.47 Å². The molecule has 1 aromatic heterocycles. The fraction of sp³-hybridized carbons (Fsp3) is 0.318. The van der Waals surface area contributed by atoms with Crippen LogP contribution in [-0.4, -0.2) is 42.0 Å². The van der Waals surface area contributed by atoms with Crippen molar-refractivity contribution in [3.63, 3.8) is 0 Å². The Kier molecular flexibility index (Phi) is 8.21. The number of hydrogen-bond donors (Lipinski definition) is 0. The monoisotopic (exact) mass is 382 g/mol. The number of esters is 1. The quantitative estimate of drug-likeness (QED) is 0.491. The highest BCUT2D eigenvalue weighted by Gasteiger charge is 2.20. The van der Waals surface area contributed by atoms with Crippen LogP contribution in [0.25, 0.3) is 6.08 Å². The Balaban J connectivity index is 2.11. The molecule has 1 atom stereocenters. The Morgan fingerprint density at radius 2 is 1.96 bits per heavy atom. The van der Waals surface area contributed by atoms with E-state index in [9.17, 15) is 9.59 Å². The third kappa shape index (κ3) is 6.54. The van der Waals surface area contributed by atoms with E-state index in [1.807, 2.05) is 43.3 Å². The van der Waals surface area contributed by atoms with Gasteiger partial charge in [-0.05, 0) is 42.3 Å². The molecular weight excluding hydrogens is 356 g/mol. The van der Waals surface area contributed by atoms with Gasteiger partial charge < -0.3 is 14.4 Å². The highest BCUT2D eigenvalue weighted by molar-refractivity contribution is 5.92. The molecule has 6 nitrogen and oxygen atoms in total. The SMILES string of the molecule is CCOc1ccc(/C=C/C(=O)N(Cc2cccnc2)CC(C)C(=O)OC)cc1. The zero-order chi connectivity index (χ0) is 20.4. The molecule has 0 N–H and O–H groups in total. The fourth-order valence-corrected chi connectivity index (χ4v) is 2.67. The lowest BCUT2D eigenvalue weighted by atomic mass is 10.1. The van der Waals surface area contributed by atoms with Gasteiger partial charge >= 0.3 is 5.97 Å². The van der Waals surface area contributed by atoms with Crippen molar-refractivity contribution in [2.24, 2.45) is 5.92 Å². The van der Waals surface area contributed by atoms with Gasteiger partial charge in [0.05, 0.1) is 19.6 Å². The number of pyridine rings is 1. The summed E-state index contributed by atoms with van der Waals surface area (Å²) in [5, 5.41) is 0. The van der Waals surface area contributed by atoms with Crippen LogP contribution in [0.5, 0.6) is 5.75 Å². The molecule has 0 radical (unpaired) electrons. The minimum Gasteiger partial charge on any atom is -0.494 e. The second kappa shape index (κ2) is 10.9. The van der Waals surface area contributed by atoms with Crippen LogP contribution in [0.2, 0.25) is 0 Å². The molecule has 2 aromatic rings. The van der Waals surface area contributed by atoms with Crippen molar-refractivity contribution < 1.29 is 19.1 Å². The number of hydrogen-bond acceptors (Lipinski definition) is 5. The molecule has 0 bridgehead atoms. The Morgan fingerprint density at radius 3 is 2.57 bits per heavy atom. The van der Waals surface area contributed by atoms with Crippen molar-refractivity contribution in [1.29, 1.82) is 0 Å². The van der Waals surface area contributed by atoms with E-state index in [1.165, 1.54) is 13.2 Å². The molecule has 0 fully saturated rings. The molecule has 0 saturated carbocycles. The van der Waals surface area contributed by atoms with Crippen molar-refractivity contribution in [3.05, 3.63) is 66.0 Å². The lowest BCUT2D eigenvalue weighted by Crippen LogP contribution is -2.35. The van der Waals surface area contributed by atoms with Gasteiger partial charge in [-0.25, -0.2) is 0 Å². The van der Waals surface area contributed by atoms with Gasteiger partial charge in [0.1, 0.15) is 5.75 Å². The minimum absolute atomic E-state index is 0.187. The summed E-state index contributed by atoms with van der Waals surface area (Å²) in [5.41, 5.74) is 1.78. The third-order valence-electron chi connectivity index (χ3n) is 4.12. The molecule has 148 valence electrons. The van der Waals surface area contributed by atoms with Crippen LogP contribution in [-0.2, 0) is 20.9 Å². The van der Waals surface area contributed by atoms with Crippen molar-refractivity contribution >= 4 is 18.0 Å². The molecule has 0 spiro atoms. The number of nitrogens with zero attached hydrogens (tertiary/aromatic N) is 2. The van der Waals surface area contributed by atoms with Gasteiger partial charge in [0.25, 0.3) is 0 Å². The number of rotatable bonds is 9. The van der Waals surface area contributed by atoms with E-state index in [-0.39, 0.29) is 18.4 Å². The van der Waals surface area contributed by atoms with Gasteiger partial charge in [0, 0.05) is 31.6 Å². The largest absolute Gasteiger partial charge is 0.494 e. The number of benzene rings is 1. The summed E-state index contributed by atoms with van der Waals surface area (Å²) < 4.78 is 10.2. The molecule has 1 unspecified atom stereocenters. The van der Waals surface area contributed by atoms with Crippen LogP contribution < -0.4 is 4.74 Å². The van der Waals surface area contributed by atoms with Crippen molar-refractivity contribution in [3.8, 4) is 5.75 Å². The summed E-state index contributed by atoms with van der Waals surface area (Å²) in [7, 11) is 1.35. The molecular formula is C22H26N2O4. The Morgan fingerprint density at radius 1 is 1.21 bits per heavy atom. The highest BCUT2D eigenvalue weighted by atomic mass is 16.5. The van der Waals surface area contributed by atoms with E-state index >= 15 is 0 Å². The maximum atomic E-state index is 12.8. The number of ether oxygens (including phenoxy) is 2. The maximum Gasteiger partial charge on any atom is 0.310 e. The summed E-state index contributed by atoms with van der Waals surface area (Å²) in [6.45, 7) is 4.90. The molecule has 1 heterocycles. The zero-order valence-corrected chi connectivity index (χ0v) is 16.5. The predicted molar refractivity (Wildman–Crippen MR) is 107 cm³/mol.